The Labute approximate surface area is 101 Å². The molecule has 2 N–H and O–H groups in total. The third-order valence-electron chi connectivity index (χ3n) is 2.82. The van der Waals surface area contributed by atoms with Gasteiger partial charge in [0.05, 0.1) is 0 Å². The maximum atomic E-state index is 12.1. The molecule has 2 heterocycles. The van der Waals surface area contributed by atoms with Gasteiger partial charge in [-0.05, 0) is 19.8 Å². The van der Waals surface area contributed by atoms with Crippen molar-refractivity contribution in [1.29, 1.82) is 0 Å². The summed E-state index contributed by atoms with van der Waals surface area (Å²) in [4.78, 5) is 38.1. The number of rotatable bonds is 2. The van der Waals surface area contributed by atoms with E-state index in [1.165, 1.54) is 4.90 Å². The Balaban J connectivity index is 2.28. The quantitative estimate of drug-likeness (QED) is 0.803. The van der Waals surface area contributed by atoms with Crippen LogP contribution < -0.4 is 4.87 Å². The molecule has 0 aliphatic carbocycles. The average Bonchev–Trinajstić information content (AvgIpc) is 2.83. The molecule has 1 aromatic rings. The van der Waals surface area contributed by atoms with Crippen molar-refractivity contribution >= 4 is 23.2 Å². The number of amides is 1. The van der Waals surface area contributed by atoms with E-state index < -0.39 is 12.0 Å². The molecule has 6 nitrogen and oxygen atoms in total. The molecular weight excluding hydrogens is 244 g/mol. The van der Waals surface area contributed by atoms with Gasteiger partial charge in [0.1, 0.15) is 10.9 Å². The summed E-state index contributed by atoms with van der Waals surface area (Å²) in [6, 6.07) is -0.765. The number of hydrogen-bond acceptors (Lipinski definition) is 4. The number of carboxylic acid groups (broad SMARTS) is 1. The number of hydrogen-bond donors (Lipinski definition) is 2. The second-order valence-corrected chi connectivity index (χ2v) is 4.95. The molecule has 17 heavy (non-hydrogen) atoms. The fraction of sp³-hybridized carbons (Fsp3) is 0.500. The predicted octanol–water partition coefficient (Wildman–Crippen LogP) is 0.434. The topological polar surface area (TPSA) is 90.5 Å². The van der Waals surface area contributed by atoms with Crippen LogP contribution in [0, 0.1) is 6.92 Å². The van der Waals surface area contributed by atoms with Crippen LogP contribution >= 0.6 is 11.3 Å². The van der Waals surface area contributed by atoms with Gasteiger partial charge in [0.15, 0.2) is 0 Å². The number of nitrogens with one attached hydrogen (secondary N) is 1. The molecule has 0 saturated carbocycles. The van der Waals surface area contributed by atoms with Gasteiger partial charge in [-0.15, -0.1) is 0 Å². The van der Waals surface area contributed by atoms with Crippen molar-refractivity contribution in [3.05, 3.63) is 20.2 Å². The van der Waals surface area contributed by atoms with Crippen molar-refractivity contribution in [3.63, 3.8) is 0 Å². The minimum atomic E-state index is -0.989. The van der Waals surface area contributed by atoms with Crippen LogP contribution in [0.15, 0.2) is 4.79 Å². The Morgan fingerprint density at radius 1 is 1.53 bits per heavy atom. The highest BCUT2D eigenvalue weighted by Crippen LogP contribution is 2.22. The predicted molar refractivity (Wildman–Crippen MR) is 61.4 cm³/mol. The van der Waals surface area contributed by atoms with Crippen molar-refractivity contribution in [2.45, 2.75) is 25.8 Å². The molecule has 0 aromatic carbocycles. The highest BCUT2D eigenvalue weighted by molar-refractivity contribution is 7.11. The van der Waals surface area contributed by atoms with Crippen LogP contribution in [0.5, 0.6) is 0 Å². The number of H-pyrrole nitrogens is 1. The summed E-state index contributed by atoms with van der Waals surface area (Å²) in [5, 5.41) is 8.99. The number of carboxylic acids is 1. The van der Waals surface area contributed by atoms with Crippen LogP contribution in [0.3, 0.4) is 0 Å². The fourth-order valence-corrected chi connectivity index (χ4v) is 2.80. The van der Waals surface area contributed by atoms with Crippen LogP contribution in [0.2, 0.25) is 0 Å². The summed E-state index contributed by atoms with van der Waals surface area (Å²) in [5.41, 5.74) is 0.501. The molecule has 1 aliphatic heterocycles. The maximum absolute atomic E-state index is 12.1. The number of aliphatic carboxylic acids is 1. The number of carbonyl (C=O) groups excluding carboxylic acids is 1. The van der Waals surface area contributed by atoms with Crippen molar-refractivity contribution in [2.75, 3.05) is 6.54 Å². The van der Waals surface area contributed by atoms with Gasteiger partial charge in [-0.25, -0.2) is 4.79 Å². The van der Waals surface area contributed by atoms with E-state index in [-0.39, 0.29) is 10.8 Å². The van der Waals surface area contributed by atoms with E-state index in [0.717, 1.165) is 11.3 Å². The molecule has 1 amide bonds. The standard InChI is InChI=1S/C10H12N2O4S/c1-5-7(17-10(16)11-5)8(13)12-4-2-3-6(12)9(14)15/h6H,2-4H2,1H3,(H,11,16)(H,14,15). The van der Waals surface area contributed by atoms with Gasteiger partial charge in [0.25, 0.3) is 5.91 Å². The Kier molecular flexibility index (Phi) is 3.01. The molecule has 2 rings (SSSR count). The van der Waals surface area contributed by atoms with E-state index in [2.05, 4.69) is 4.98 Å². The van der Waals surface area contributed by atoms with Crippen LogP contribution in [-0.2, 0) is 4.79 Å². The minimum Gasteiger partial charge on any atom is -0.480 e. The molecule has 1 saturated heterocycles. The molecule has 1 unspecified atom stereocenters. The monoisotopic (exact) mass is 256 g/mol. The highest BCUT2D eigenvalue weighted by atomic mass is 32.1. The van der Waals surface area contributed by atoms with Crippen molar-refractivity contribution < 1.29 is 14.7 Å². The van der Waals surface area contributed by atoms with Gasteiger partial charge >= 0.3 is 10.8 Å². The van der Waals surface area contributed by atoms with Gasteiger partial charge in [-0.3, -0.25) is 9.59 Å². The molecule has 7 heteroatoms. The summed E-state index contributed by atoms with van der Waals surface area (Å²) in [7, 11) is 0. The number of carbonyl (C=O) groups is 2. The van der Waals surface area contributed by atoms with Crippen LogP contribution in [0.25, 0.3) is 0 Å². The van der Waals surface area contributed by atoms with Gasteiger partial charge in [-0.1, -0.05) is 11.3 Å². The van der Waals surface area contributed by atoms with Crippen molar-refractivity contribution in [1.82, 2.24) is 9.88 Å². The maximum Gasteiger partial charge on any atom is 0.326 e. The van der Waals surface area contributed by atoms with Crippen LogP contribution in [0.1, 0.15) is 28.2 Å². The SMILES string of the molecule is Cc1[nH]c(=O)sc1C(=O)N1CCCC1C(=O)O. The van der Waals surface area contributed by atoms with Gasteiger partial charge < -0.3 is 15.0 Å². The van der Waals surface area contributed by atoms with Gasteiger partial charge in [0, 0.05) is 12.2 Å². The third-order valence-corrected chi connectivity index (χ3v) is 3.79. The second-order valence-electron chi connectivity index (χ2n) is 3.96. The van der Waals surface area contributed by atoms with E-state index in [1.54, 1.807) is 6.92 Å². The molecule has 0 spiro atoms. The Bertz CT molecular complexity index is 519. The molecule has 1 aromatic heterocycles. The van der Waals surface area contributed by atoms with Gasteiger partial charge in [0.2, 0.25) is 0 Å². The van der Waals surface area contributed by atoms with Crippen LogP contribution in [0.4, 0.5) is 0 Å². The number of aryl methyl sites for hydroxylation is 1. The second kappa shape index (κ2) is 4.33. The molecule has 1 fully saturated rings. The zero-order valence-electron chi connectivity index (χ0n) is 9.23. The van der Waals surface area contributed by atoms with E-state index in [4.69, 9.17) is 5.11 Å². The molecule has 1 aliphatic rings. The lowest BCUT2D eigenvalue weighted by Gasteiger charge is -2.20. The van der Waals surface area contributed by atoms with E-state index in [9.17, 15) is 14.4 Å². The van der Waals surface area contributed by atoms with Crippen molar-refractivity contribution in [2.24, 2.45) is 0 Å². The Morgan fingerprint density at radius 2 is 2.24 bits per heavy atom. The number of aromatic nitrogens is 1. The Hall–Kier alpha value is -1.63. The average molecular weight is 256 g/mol. The largest absolute Gasteiger partial charge is 0.480 e. The number of nitrogens with zero attached hydrogens (tertiary/aromatic N) is 1. The number of thiazole rings is 1. The lowest BCUT2D eigenvalue weighted by atomic mass is 10.2. The normalized spacial score (nSPS) is 19.6. The molecule has 1 atom stereocenters. The Morgan fingerprint density at radius 3 is 2.76 bits per heavy atom. The highest BCUT2D eigenvalue weighted by Gasteiger charge is 2.35. The van der Waals surface area contributed by atoms with E-state index in [1.807, 2.05) is 0 Å². The first-order valence-corrected chi connectivity index (χ1v) is 6.06. The van der Waals surface area contributed by atoms with Crippen LogP contribution in [-0.4, -0.2) is 39.5 Å². The molecule has 0 radical (unpaired) electrons. The smallest absolute Gasteiger partial charge is 0.326 e. The molecular formula is C10H12N2O4S. The van der Waals surface area contributed by atoms with Gasteiger partial charge in [-0.2, -0.15) is 0 Å². The summed E-state index contributed by atoms with van der Waals surface area (Å²) in [6.07, 6.45) is 1.15. The third kappa shape index (κ3) is 2.10. The zero-order valence-corrected chi connectivity index (χ0v) is 10.0. The number of likely N-dealkylation sites (tertiary alicyclic amines) is 1. The molecule has 92 valence electrons. The lowest BCUT2D eigenvalue weighted by molar-refractivity contribution is -0.141. The first-order chi connectivity index (χ1) is 8.00. The van der Waals surface area contributed by atoms with E-state index >= 15 is 0 Å². The first kappa shape index (κ1) is 11.8. The number of aromatic amines is 1. The molecule has 0 bridgehead atoms. The first-order valence-electron chi connectivity index (χ1n) is 5.24. The summed E-state index contributed by atoms with van der Waals surface area (Å²) < 4.78 is 0. The van der Waals surface area contributed by atoms with Crippen molar-refractivity contribution in [3.8, 4) is 0 Å². The van der Waals surface area contributed by atoms with E-state index in [0.29, 0.717) is 30.0 Å². The fourth-order valence-electron chi connectivity index (χ4n) is 2.01. The summed E-state index contributed by atoms with van der Waals surface area (Å²) in [6.45, 7) is 2.07. The zero-order chi connectivity index (χ0) is 12.6. The lowest BCUT2D eigenvalue weighted by Crippen LogP contribution is -2.40. The minimum absolute atomic E-state index is 0.295. The summed E-state index contributed by atoms with van der Waals surface area (Å²) >= 11 is 0.828. The summed E-state index contributed by atoms with van der Waals surface area (Å²) in [5.74, 6) is -1.35.